The van der Waals surface area contributed by atoms with E-state index in [1.54, 1.807) is 20.8 Å². The molecular formula is C19H24ClNO4. The monoisotopic (exact) mass is 365 g/mol. The number of benzene rings is 1. The van der Waals surface area contributed by atoms with Gasteiger partial charge in [-0.2, -0.15) is 0 Å². The second-order valence-electron chi connectivity index (χ2n) is 8.57. The van der Waals surface area contributed by atoms with Gasteiger partial charge in [0, 0.05) is 10.4 Å². The van der Waals surface area contributed by atoms with Crippen molar-refractivity contribution in [2.75, 3.05) is 0 Å². The molecule has 2 bridgehead atoms. The number of ether oxygens (including phenoxy) is 1. The molecular weight excluding hydrogens is 342 g/mol. The topological polar surface area (TPSA) is 75.6 Å². The molecule has 0 spiro atoms. The molecule has 3 aliphatic carbocycles. The third-order valence-electron chi connectivity index (χ3n) is 5.28. The van der Waals surface area contributed by atoms with Crippen molar-refractivity contribution in [1.82, 2.24) is 5.32 Å². The Balaban J connectivity index is 1.72. The van der Waals surface area contributed by atoms with Crippen LogP contribution in [0.1, 0.15) is 51.2 Å². The summed E-state index contributed by atoms with van der Waals surface area (Å²) in [6.45, 7) is 7.26. The highest BCUT2D eigenvalue weighted by atomic mass is 35.5. The molecule has 1 aromatic rings. The summed E-state index contributed by atoms with van der Waals surface area (Å²) in [5.74, 6) is -1.02. The number of hydrogen-bond donors (Lipinski definition) is 2. The quantitative estimate of drug-likeness (QED) is 0.844. The zero-order valence-corrected chi connectivity index (χ0v) is 15.7. The van der Waals surface area contributed by atoms with Crippen LogP contribution in [0.2, 0.25) is 5.02 Å². The van der Waals surface area contributed by atoms with Crippen LogP contribution in [0.15, 0.2) is 18.2 Å². The highest BCUT2D eigenvalue weighted by Gasteiger charge is 2.73. The highest BCUT2D eigenvalue weighted by Crippen LogP contribution is 2.75. The summed E-state index contributed by atoms with van der Waals surface area (Å²) >= 11 is 6.36. The molecule has 3 aliphatic rings. The van der Waals surface area contributed by atoms with Gasteiger partial charge in [0.1, 0.15) is 11.6 Å². The second kappa shape index (κ2) is 5.63. The lowest BCUT2D eigenvalue weighted by atomic mass is 9.31. The predicted octanol–water partition coefficient (Wildman–Crippen LogP) is 4.05. The zero-order valence-electron chi connectivity index (χ0n) is 15.0. The summed E-state index contributed by atoms with van der Waals surface area (Å²) in [5.41, 5.74) is 1.11. The van der Waals surface area contributed by atoms with Crippen LogP contribution in [0.3, 0.4) is 0 Å². The zero-order chi connectivity index (χ0) is 18.6. The number of amides is 1. The molecule has 136 valence electrons. The minimum absolute atomic E-state index is 0.0492. The summed E-state index contributed by atoms with van der Waals surface area (Å²) in [5, 5.41) is 12.9. The fourth-order valence-corrected chi connectivity index (χ4v) is 4.72. The molecule has 2 N–H and O–H groups in total. The van der Waals surface area contributed by atoms with Crippen LogP contribution < -0.4 is 5.32 Å². The number of carboxylic acid groups (broad SMARTS) is 1. The molecule has 5 nitrogen and oxygen atoms in total. The van der Waals surface area contributed by atoms with Gasteiger partial charge in [-0.25, -0.2) is 9.59 Å². The van der Waals surface area contributed by atoms with Crippen molar-refractivity contribution in [2.45, 2.75) is 64.0 Å². The maximum Gasteiger partial charge on any atom is 0.408 e. The third-order valence-corrected chi connectivity index (χ3v) is 5.61. The van der Waals surface area contributed by atoms with E-state index in [1.165, 1.54) is 0 Å². The first-order chi connectivity index (χ1) is 11.5. The first-order valence-electron chi connectivity index (χ1n) is 8.45. The number of nitrogens with one attached hydrogen (secondary N) is 1. The fraction of sp³-hybridized carbons (Fsp3) is 0.579. The first kappa shape index (κ1) is 18.1. The second-order valence-corrected chi connectivity index (χ2v) is 8.98. The Bertz CT molecular complexity index is 718. The van der Waals surface area contributed by atoms with E-state index >= 15 is 0 Å². The Hall–Kier alpha value is -1.75. The average Bonchev–Trinajstić information content (AvgIpc) is 2.36. The lowest BCUT2D eigenvalue weighted by Gasteiger charge is -2.72. The molecule has 0 heterocycles. The number of aryl methyl sites for hydroxylation is 1. The molecule has 4 rings (SSSR count). The Labute approximate surface area is 152 Å². The molecule has 1 atom stereocenters. The molecule has 0 aliphatic heterocycles. The summed E-state index contributed by atoms with van der Waals surface area (Å²) in [7, 11) is 0. The van der Waals surface area contributed by atoms with E-state index in [1.807, 2.05) is 19.1 Å². The van der Waals surface area contributed by atoms with Crippen LogP contribution in [0.5, 0.6) is 0 Å². The van der Waals surface area contributed by atoms with E-state index in [-0.39, 0.29) is 5.41 Å². The molecule has 3 saturated carbocycles. The molecule has 3 fully saturated rings. The van der Waals surface area contributed by atoms with Crippen LogP contribution in [0.4, 0.5) is 4.79 Å². The van der Waals surface area contributed by atoms with Crippen molar-refractivity contribution in [3.8, 4) is 0 Å². The van der Waals surface area contributed by atoms with E-state index < -0.39 is 29.1 Å². The van der Waals surface area contributed by atoms with E-state index in [2.05, 4.69) is 11.4 Å². The van der Waals surface area contributed by atoms with E-state index in [4.69, 9.17) is 16.3 Å². The maximum absolute atomic E-state index is 12.0. The number of hydrogen-bond acceptors (Lipinski definition) is 3. The highest BCUT2D eigenvalue weighted by molar-refractivity contribution is 6.31. The predicted molar refractivity (Wildman–Crippen MR) is 94.9 cm³/mol. The largest absolute Gasteiger partial charge is 0.480 e. The van der Waals surface area contributed by atoms with E-state index in [0.717, 1.165) is 35.4 Å². The lowest BCUT2D eigenvalue weighted by molar-refractivity contribution is -0.183. The van der Waals surface area contributed by atoms with Gasteiger partial charge in [0.25, 0.3) is 0 Å². The van der Waals surface area contributed by atoms with Crippen molar-refractivity contribution >= 4 is 23.7 Å². The van der Waals surface area contributed by atoms with Gasteiger partial charge in [0.2, 0.25) is 0 Å². The minimum Gasteiger partial charge on any atom is -0.480 e. The Kier molecular flexibility index (Phi) is 4.06. The van der Waals surface area contributed by atoms with Gasteiger partial charge in [-0.1, -0.05) is 29.3 Å². The van der Waals surface area contributed by atoms with Gasteiger partial charge >= 0.3 is 12.1 Å². The van der Waals surface area contributed by atoms with Crippen molar-refractivity contribution < 1.29 is 19.4 Å². The number of halogens is 1. The molecule has 0 saturated heterocycles. The third kappa shape index (κ3) is 3.10. The number of alkyl carbamates (subject to hydrolysis) is 1. The average molecular weight is 366 g/mol. The van der Waals surface area contributed by atoms with Gasteiger partial charge in [-0.15, -0.1) is 0 Å². The molecule has 0 radical (unpaired) electrons. The SMILES string of the molecule is Cc1ccc(Cl)c(C23CC(C(NC(=O)OC(C)(C)C)C(=O)O)(C2)C3)c1. The van der Waals surface area contributed by atoms with Crippen molar-refractivity contribution in [2.24, 2.45) is 5.41 Å². The Morgan fingerprint density at radius 3 is 2.40 bits per heavy atom. The molecule has 1 unspecified atom stereocenters. The number of carbonyl (C=O) groups excluding carboxylic acids is 1. The summed E-state index contributed by atoms with van der Waals surface area (Å²) in [6.07, 6.45) is 1.47. The molecule has 6 heteroatoms. The van der Waals surface area contributed by atoms with Gasteiger partial charge in [0.05, 0.1) is 0 Å². The van der Waals surface area contributed by atoms with Gasteiger partial charge in [0.15, 0.2) is 0 Å². The minimum atomic E-state index is -1.02. The van der Waals surface area contributed by atoms with Crippen LogP contribution in [0.25, 0.3) is 0 Å². The molecule has 25 heavy (non-hydrogen) atoms. The van der Waals surface area contributed by atoms with E-state index in [0.29, 0.717) is 0 Å². The van der Waals surface area contributed by atoms with Crippen molar-refractivity contribution in [3.63, 3.8) is 0 Å². The first-order valence-corrected chi connectivity index (χ1v) is 8.83. The van der Waals surface area contributed by atoms with Crippen molar-refractivity contribution in [1.29, 1.82) is 0 Å². The summed E-state index contributed by atoms with van der Waals surface area (Å²) < 4.78 is 5.21. The number of carboxylic acids is 1. The summed E-state index contributed by atoms with van der Waals surface area (Å²) in [6, 6.07) is 5.01. The van der Waals surface area contributed by atoms with Crippen LogP contribution in [-0.4, -0.2) is 28.8 Å². The van der Waals surface area contributed by atoms with Crippen LogP contribution in [-0.2, 0) is 14.9 Å². The van der Waals surface area contributed by atoms with Crippen LogP contribution in [0, 0.1) is 12.3 Å². The molecule has 1 amide bonds. The normalized spacial score (nSPS) is 28.4. The molecule has 0 aromatic heterocycles. The standard InChI is InChI=1S/C19H24ClNO4/c1-11-5-6-13(20)12(7-11)18-8-19(9-18,10-18)14(15(22)23)21-16(24)25-17(2,3)4/h5-7,14H,8-10H2,1-4H3,(H,21,24)(H,22,23). The smallest absolute Gasteiger partial charge is 0.408 e. The van der Waals surface area contributed by atoms with Gasteiger partial charge in [-0.3, -0.25) is 0 Å². The lowest BCUT2D eigenvalue weighted by Crippen LogP contribution is -2.73. The fourth-order valence-electron chi connectivity index (χ4n) is 4.41. The van der Waals surface area contributed by atoms with Crippen molar-refractivity contribution in [3.05, 3.63) is 34.3 Å². The Morgan fingerprint density at radius 2 is 1.88 bits per heavy atom. The number of carbonyl (C=O) groups is 2. The van der Waals surface area contributed by atoms with Crippen LogP contribution >= 0.6 is 11.6 Å². The molecule has 1 aromatic carbocycles. The van der Waals surface area contributed by atoms with Gasteiger partial charge < -0.3 is 15.2 Å². The van der Waals surface area contributed by atoms with E-state index in [9.17, 15) is 14.7 Å². The summed E-state index contributed by atoms with van der Waals surface area (Å²) in [4.78, 5) is 23.7. The maximum atomic E-state index is 12.0. The number of rotatable bonds is 4. The van der Waals surface area contributed by atoms with Gasteiger partial charge in [-0.05, 0) is 64.0 Å². The Morgan fingerprint density at radius 1 is 1.28 bits per heavy atom. The number of aliphatic carboxylic acids is 1.